The molecule has 0 bridgehead atoms. The van der Waals surface area contributed by atoms with E-state index in [-0.39, 0.29) is 5.56 Å². The molecule has 1 unspecified atom stereocenters. The summed E-state index contributed by atoms with van der Waals surface area (Å²) < 4.78 is 2.21. The van der Waals surface area contributed by atoms with Crippen LogP contribution in [0.3, 0.4) is 0 Å². The number of rotatable bonds is 3. The van der Waals surface area contributed by atoms with Crippen molar-refractivity contribution in [3.63, 3.8) is 0 Å². The van der Waals surface area contributed by atoms with Gasteiger partial charge in [0.25, 0.3) is 5.56 Å². The molecule has 2 aromatic heterocycles. The van der Waals surface area contributed by atoms with Crippen LogP contribution in [-0.2, 0) is 25.1 Å². The van der Waals surface area contributed by atoms with E-state index in [0.29, 0.717) is 12.1 Å². The monoisotopic (exact) mass is 351 g/mol. The highest BCUT2D eigenvalue weighted by molar-refractivity contribution is 5.86. The fourth-order valence-electron chi connectivity index (χ4n) is 4.12. The second-order valence-corrected chi connectivity index (χ2v) is 7.71. The van der Waals surface area contributed by atoms with Gasteiger partial charge in [0.1, 0.15) is 5.60 Å². The molecule has 1 aliphatic heterocycles. The van der Waals surface area contributed by atoms with Crippen molar-refractivity contribution >= 4 is 10.9 Å². The number of likely N-dealkylation sites (N-methyl/N-ethyl adjacent to an activating group) is 1. The molecule has 136 valence electrons. The molecule has 1 aromatic carbocycles. The molecule has 2 N–H and O–H groups in total. The molecule has 4 rings (SSSR count). The molecule has 3 heterocycles. The van der Waals surface area contributed by atoms with Gasteiger partial charge in [-0.3, -0.25) is 4.79 Å². The summed E-state index contributed by atoms with van der Waals surface area (Å²) in [6, 6.07) is 9.93. The number of hydrogen-bond acceptors (Lipinski definition) is 3. The summed E-state index contributed by atoms with van der Waals surface area (Å²) >= 11 is 0. The summed E-state index contributed by atoms with van der Waals surface area (Å²) in [6.07, 6.45) is 2.54. The first-order valence-electron chi connectivity index (χ1n) is 9.06. The Bertz CT molecular complexity index is 1030. The maximum atomic E-state index is 12.2. The summed E-state index contributed by atoms with van der Waals surface area (Å²) in [5.74, 6) is 0. The summed E-state index contributed by atoms with van der Waals surface area (Å²) in [6.45, 7) is 6.10. The minimum atomic E-state index is -1.25. The van der Waals surface area contributed by atoms with Crippen LogP contribution in [0.1, 0.15) is 29.3 Å². The van der Waals surface area contributed by atoms with Crippen molar-refractivity contribution in [3.05, 3.63) is 69.3 Å². The van der Waals surface area contributed by atoms with Gasteiger partial charge in [0.2, 0.25) is 0 Å². The zero-order valence-electron chi connectivity index (χ0n) is 15.5. The zero-order chi connectivity index (χ0) is 18.5. The SMILES string of the molecule is Cc1ccc2c(c1)c1c(n2CC(C)(O)c2ccc[nH]c2=O)CCN(C)C1. The first-order valence-corrected chi connectivity index (χ1v) is 9.06. The lowest BCUT2D eigenvalue weighted by molar-refractivity contribution is 0.0371. The number of aliphatic hydroxyl groups is 1. The average Bonchev–Trinajstić information content (AvgIpc) is 2.87. The lowest BCUT2D eigenvalue weighted by atomic mass is 9.97. The second-order valence-electron chi connectivity index (χ2n) is 7.71. The van der Waals surface area contributed by atoms with Crippen LogP contribution in [0.4, 0.5) is 0 Å². The van der Waals surface area contributed by atoms with Crippen LogP contribution >= 0.6 is 0 Å². The molecule has 0 spiro atoms. The molecule has 5 heteroatoms. The number of fused-ring (bicyclic) bond motifs is 3. The van der Waals surface area contributed by atoms with E-state index in [0.717, 1.165) is 25.0 Å². The first kappa shape index (κ1) is 17.1. The third-order valence-electron chi connectivity index (χ3n) is 5.46. The van der Waals surface area contributed by atoms with E-state index < -0.39 is 5.60 Å². The Morgan fingerprint density at radius 1 is 1.31 bits per heavy atom. The summed E-state index contributed by atoms with van der Waals surface area (Å²) in [4.78, 5) is 17.2. The minimum absolute atomic E-state index is 0.238. The van der Waals surface area contributed by atoms with Crippen LogP contribution in [0.2, 0.25) is 0 Å². The number of nitrogens with zero attached hydrogens (tertiary/aromatic N) is 2. The summed E-state index contributed by atoms with van der Waals surface area (Å²) in [5.41, 5.74) is 3.89. The van der Waals surface area contributed by atoms with E-state index in [1.54, 1.807) is 25.3 Å². The van der Waals surface area contributed by atoms with E-state index in [2.05, 4.69) is 46.6 Å². The molecule has 0 fully saturated rings. The Morgan fingerprint density at radius 2 is 2.12 bits per heavy atom. The van der Waals surface area contributed by atoms with Gasteiger partial charge in [-0.15, -0.1) is 0 Å². The highest BCUT2D eigenvalue weighted by Crippen LogP contribution is 2.33. The van der Waals surface area contributed by atoms with Crippen LogP contribution in [0.25, 0.3) is 10.9 Å². The third kappa shape index (κ3) is 2.77. The molecular formula is C21H25N3O2. The fourth-order valence-corrected chi connectivity index (χ4v) is 4.12. The van der Waals surface area contributed by atoms with Gasteiger partial charge in [-0.2, -0.15) is 0 Å². The molecule has 0 aliphatic carbocycles. The second kappa shape index (κ2) is 6.11. The average molecular weight is 351 g/mol. The number of benzene rings is 1. The van der Waals surface area contributed by atoms with Gasteiger partial charge in [0.15, 0.2) is 0 Å². The van der Waals surface area contributed by atoms with Gasteiger partial charge >= 0.3 is 0 Å². The number of nitrogens with one attached hydrogen (secondary N) is 1. The molecule has 5 nitrogen and oxygen atoms in total. The maximum absolute atomic E-state index is 12.2. The highest BCUT2D eigenvalue weighted by Gasteiger charge is 2.30. The molecule has 0 saturated carbocycles. The lowest BCUT2D eigenvalue weighted by Crippen LogP contribution is -2.35. The van der Waals surface area contributed by atoms with Crippen LogP contribution in [0.15, 0.2) is 41.3 Å². The van der Waals surface area contributed by atoms with E-state index >= 15 is 0 Å². The topological polar surface area (TPSA) is 61.3 Å². The van der Waals surface area contributed by atoms with Crippen LogP contribution in [-0.4, -0.2) is 33.1 Å². The van der Waals surface area contributed by atoms with Gasteiger partial charge in [-0.1, -0.05) is 11.6 Å². The quantitative estimate of drug-likeness (QED) is 0.762. The molecule has 1 atom stereocenters. The normalized spacial score (nSPS) is 17.2. The number of hydrogen-bond donors (Lipinski definition) is 2. The molecular weight excluding hydrogens is 326 g/mol. The van der Waals surface area contributed by atoms with Crippen molar-refractivity contribution < 1.29 is 5.11 Å². The predicted molar refractivity (Wildman–Crippen MR) is 103 cm³/mol. The fraction of sp³-hybridized carbons (Fsp3) is 0.381. The number of aromatic nitrogens is 2. The molecule has 0 amide bonds. The van der Waals surface area contributed by atoms with Crippen LogP contribution < -0.4 is 5.56 Å². The number of pyridine rings is 1. The highest BCUT2D eigenvalue weighted by atomic mass is 16.3. The van der Waals surface area contributed by atoms with E-state index in [9.17, 15) is 9.90 Å². The Hall–Kier alpha value is -2.37. The maximum Gasteiger partial charge on any atom is 0.254 e. The number of H-pyrrole nitrogens is 1. The van der Waals surface area contributed by atoms with Gasteiger partial charge < -0.3 is 19.6 Å². The van der Waals surface area contributed by atoms with Crippen molar-refractivity contribution in [3.8, 4) is 0 Å². The van der Waals surface area contributed by atoms with Crippen molar-refractivity contribution in [2.75, 3.05) is 13.6 Å². The van der Waals surface area contributed by atoms with Gasteiger partial charge in [0, 0.05) is 42.3 Å². The Kier molecular flexibility index (Phi) is 4.01. The van der Waals surface area contributed by atoms with Gasteiger partial charge in [-0.05, 0) is 50.7 Å². The lowest BCUT2D eigenvalue weighted by Gasteiger charge is -2.28. The summed E-state index contributed by atoms with van der Waals surface area (Å²) in [5, 5.41) is 12.4. The first-order chi connectivity index (χ1) is 12.4. The molecule has 0 saturated heterocycles. The number of aromatic amines is 1. The van der Waals surface area contributed by atoms with Crippen molar-refractivity contribution in [1.82, 2.24) is 14.5 Å². The van der Waals surface area contributed by atoms with Crippen molar-refractivity contribution in [2.45, 2.75) is 39.0 Å². The smallest absolute Gasteiger partial charge is 0.254 e. The molecule has 26 heavy (non-hydrogen) atoms. The predicted octanol–water partition coefficient (Wildman–Crippen LogP) is 2.53. The standard InChI is InChI=1S/C21H25N3O2/c1-14-6-7-18-15(11-14)16-12-23(3)10-8-19(16)24(18)13-21(2,26)17-5-4-9-22-20(17)25/h4-7,9,11,26H,8,10,12-13H2,1-3H3,(H,22,25). The van der Waals surface area contributed by atoms with Crippen molar-refractivity contribution in [1.29, 1.82) is 0 Å². The zero-order valence-corrected chi connectivity index (χ0v) is 15.5. The Morgan fingerprint density at radius 3 is 2.88 bits per heavy atom. The van der Waals surface area contributed by atoms with E-state index in [1.807, 2.05) is 0 Å². The largest absolute Gasteiger partial charge is 0.383 e. The van der Waals surface area contributed by atoms with Crippen LogP contribution in [0.5, 0.6) is 0 Å². The third-order valence-corrected chi connectivity index (χ3v) is 5.46. The Balaban J connectivity index is 1.87. The molecule has 0 radical (unpaired) electrons. The molecule has 1 aliphatic rings. The summed E-state index contributed by atoms with van der Waals surface area (Å²) in [7, 11) is 2.14. The van der Waals surface area contributed by atoms with E-state index in [1.165, 1.54) is 22.2 Å². The number of aryl methyl sites for hydroxylation is 1. The van der Waals surface area contributed by atoms with Gasteiger partial charge in [0.05, 0.1) is 12.1 Å². The van der Waals surface area contributed by atoms with Gasteiger partial charge in [-0.25, -0.2) is 0 Å². The molecule has 3 aromatic rings. The van der Waals surface area contributed by atoms with Crippen molar-refractivity contribution in [2.24, 2.45) is 0 Å². The van der Waals surface area contributed by atoms with E-state index in [4.69, 9.17) is 0 Å². The Labute approximate surface area is 152 Å². The minimum Gasteiger partial charge on any atom is -0.383 e. The van der Waals surface area contributed by atoms with Crippen LogP contribution in [0, 0.1) is 6.92 Å².